The minimum atomic E-state index is -4.49. The summed E-state index contributed by atoms with van der Waals surface area (Å²) in [5.74, 6) is -0.527. The second kappa shape index (κ2) is 17.1. The van der Waals surface area contributed by atoms with Gasteiger partial charge < -0.3 is 5.32 Å². The highest BCUT2D eigenvalue weighted by atomic mass is 19.4. The molecule has 0 bridgehead atoms. The van der Waals surface area contributed by atoms with Crippen LogP contribution in [0.3, 0.4) is 0 Å². The van der Waals surface area contributed by atoms with Gasteiger partial charge in [0.25, 0.3) is 0 Å². The summed E-state index contributed by atoms with van der Waals surface area (Å²) in [6, 6.07) is 5.62. The molecule has 0 aromatic heterocycles. The quantitative estimate of drug-likeness (QED) is 0.227. The van der Waals surface area contributed by atoms with E-state index in [0.717, 1.165) is 19.3 Å². The van der Waals surface area contributed by atoms with Gasteiger partial charge in [0.15, 0.2) is 6.04 Å². The first-order chi connectivity index (χ1) is 14.9. The lowest BCUT2D eigenvalue weighted by atomic mass is 10.0. The molecule has 1 amide bonds. The number of benzene rings is 1. The lowest BCUT2D eigenvalue weighted by Gasteiger charge is -2.22. The van der Waals surface area contributed by atoms with E-state index in [-0.39, 0.29) is 12.0 Å². The molecule has 0 radical (unpaired) electrons. The largest absolute Gasteiger partial charge is 0.412 e. The summed E-state index contributed by atoms with van der Waals surface area (Å²) < 4.78 is 39.8. The van der Waals surface area contributed by atoms with Crippen LogP contribution in [0.2, 0.25) is 0 Å². The van der Waals surface area contributed by atoms with Gasteiger partial charge in [-0.15, -0.1) is 0 Å². The van der Waals surface area contributed by atoms with Crippen molar-refractivity contribution in [3.63, 3.8) is 0 Å². The van der Waals surface area contributed by atoms with E-state index in [2.05, 4.69) is 12.2 Å². The molecule has 0 heterocycles. The fourth-order valence-electron chi connectivity index (χ4n) is 3.89. The van der Waals surface area contributed by atoms with Gasteiger partial charge in [0, 0.05) is 6.42 Å². The SMILES string of the molecule is CCCCCCCCCCCCCCCCCC(=O)NC(c1ccccc1)C(F)(F)F. The third kappa shape index (κ3) is 14.2. The van der Waals surface area contributed by atoms with Gasteiger partial charge in [0.2, 0.25) is 5.91 Å². The van der Waals surface area contributed by atoms with Crippen LogP contribution in [0, 0.1) is 0 Å². The molecule has 1 N–H and O–H groups in total. The summed E-state index contributed by atoms with van der Waals surface area (Å²) in [6.45, 7) is 2.25. The normalized spacial score (nSPS) is 12.6. The Bertz CT molecular complexity index is 560. The first-order valence-corrected chi connectivity index (χ1v) is 12.4. The molecule has 0 saturated carbocycles. The third-order valence-corrected chi connectivity index (χ3v) is 5.77. The molecule has 0 fully saturated rings. The fraction of sp³-hybridized carbons (Fsp3) is 0.731. The number of nitrogens with one attached hydrogen (secondary N) is 1. The minimum Gasteiger partial charge on any atom is -0.341 e. The molecule has 1 atom stereocenters. The van der Waals surface area contributed by atoms with E-state index in [1.54, 1.807) is 18.2 Å². The van der Waals surface area contributed by atoms with Gasteiger partial charge in [-0.1, -0.05) is 127 Å². The van der Waals surface area contributed by atoms with Crippen LogP contribution in [0.5, 0.6) is 0 Å². The third-order valence-electron chi connectivity index (χ3n) is 5.77. The fourth-order valence-corrected chi connectivity index (χ4v) is 3.89. The number of amides is 1. The van der Waals surface area contributed by atoms with Crippen LogP contribution in [-0.2, 0) is 4.79 Å². The van der Waals surface area contributed by atoms with Gasteiger partial charge in [-0.25, -0.2) is 0 Å². The lowest BCUT2D eigenvalue weighted by Crippen LogP contribution is -2.38. The summed E-state index contributed by atoms with van der Waals surface area (Å²) in [6.07, 6.45) is 14.0. The highest BCUT2D eigenvalue weighted by Gasteiger charge is 2.41. The van der Waals surface area contributed by atoms with Gasteiger partial charge in [-0.2, -0.15) is 13.2 Å². The van der Waals surface area contributed by atoms with Crippen LogP contribution in [0.4, 0.5) is 13.2 Å². The number of unbranched alkanes of at least 4 members (excludes halogenated alkanes) is 14. The highest BCUT2D eigenvalue weighted by molar-refractivity contribution is 5.76. The Morgan fingerprint density at radius 2 is 1.16 bits per heavy atom. The maximum Gasteiger partial charge on any atom is 0.412 e. The van der Waals surface area contributed by atoms with Crippen molar-refractivity contribution in [2.45, 2.75) is 122 Å². The molecule has 0 saturated heterocycles. The molecule has 1 aromatic carbocycles. The number of hydrogen-bond donors (Lipinski definition) is 1. The van der Waals surface area contributed by atoms with Gasteiger partial charge in [0.1, 0.15) is 0 Å². The Labute approximate surface area is 187 Å². The van der Waals surface area contributed by atoms with Gasteiger partial charge in [-0.05, 0) is 12.0 Å². The molecule has 1 rings (SSSR count). The second-order valence-electron chi connectivity index (χ2n) is 8.65. The average molecular weight is 442 g/mol. The maximum atomic E-state index is 13.3. The van der Waals surface area contributed by atoms with Crippen molar-refractivity contribution in [1.82, 2.24) is 5.32 Å². The lowest BCUT2D eigenvalue weighted by molar-refractivity contribution is -0.163. The zero-order chi connectivity index (χ0) is 22.8. The predicted octanol–water partition coefficient (Wildman–Crippen LogP) is 8.67. The molecule has 5 heteroatoms. The predicted molar refractivity (Wildman–Crippen MR) is 123 cm³/mol. The van der Waals surface area contributed by atoms with Crippen LogP contribution in [0.25, 0.3) is 0 Å². The van der Waals surface area contributed by atoms with E-state index in [0.29, 0.717) is 6.42 Å². The van der Waals surface area contributed by atoms with Gasteiger partial charge >= 0.3 is 6.18 Å². The zero-order valence-electron chi connectivity index (χ0n) is 19.3. The van der Waals surface area contributed by atoms with Crippen molar-refractivity contribution < 1.29 is 18.0 Å². The number of alkyl halides is 3. The van der Waals surface area contributed by atoms with E-state index in [1.807, 2.05) is 0 Å². The van der Waals surface area contributed by atoms with Crippen molar-refractivity contribution >= 4 is 5.91 Å². The smallest absolute Gasteiger partial charge is 0.341 e. The van der Waals surface area contributed by atoms with Crippen LogP contribution in [-0.4, -0.2) is 12.1 Å². The molecule has 2 nitrogen and oxygen atoms in total. The Kier molecular flexibility index (Phi) is 15.2. The summed E-state index contributed by atoms with van der Waals surface area (Å²) >= 11 is 0. The Balaban J connectivity index is 2.01. The summed E-state index contributed by atoms with van der Waals surface area (Å²) in [5, 5.41) is 2.16. The molecular formula is C26H42F3NO. The van der Waals surface area contributed by atoms with Gasteiger partial charge in [0.05, 0.1) is 0 Å². The molecular weight excluding hydrogens is 399 g/mol. The van der Waals surface area contributed by atoms with Crippen molar-refractivity contribution in [3.05, 3.63) is 35.9 Å². The summed E-state index contributed by atoms with van der Waals surface area (Å²) in [4.78, 5) is 12.0. The number of carbonyl (C=O) groups is 1. The molecule has 0 aliphatic carbocycles. The van der Waals surface area contributed by atoms with Crippen LogP contribution in [0.1, 0.15) is 121 Å². The summed E-state index contributed by atoms with van der Waals surface area (Å²) in [5.41, 5.74) is 0.0693. The number of carbonyl (C=O) groups excluding carboxylic acids is 1. The Morgan fingerprint density at radius 3 is 1.58 bits per heavy atom. The van der Waals surface area contributed by atoms with Crippen LogP contribution in [0.15, 0.2) is 30.3 Å². The monoisotopic (exact) mass is 441 g/mol. The molecule has 1 aromatic rings. The van der Waals surface area contributed by atoms with E-state index in [4.69, 9.17) is 0 Å². The zero-order valence-corrected chi connectivity index (χ0v) is 19.3. The van der Waals surface area contributed by atoms with Gasteiger partial charge in [-0.3, -0.25) is 4.79 Å². The standard InChI is InChI=1S/C26H42F3NO/c1-2-3-4-5-6-7-8-9-10-11-12-13-14-15-19-22-24(31)30-25(26(27,28)29)23-20-17-16-18-21-23/h16-18,20-21,25H,2-15,19,22H2,1H3,(H,30,31). The average Bonchev–Trinajstić information content (AvgIpc) is 2.74. The summed E-state index contributed by atoms with van der Waals surface area (Å²) in [7, 11) is 0. The first kappa shape index (κ1) is 27.5. The van der Waals surface area contributed by atoms with E-state index >= 15 is 0 Å². The van der Waals surface area contributed by atoms with Crippen molar-refractivity contribution in [3.8, 4) is 0 Å². The van der Waals surface area contributed by atoms with Crippen molar-refractivity contribution in [1.29, 1.82) is 0 Å². The number of hydrogen-bond acceptors (Lipinski definition) is 1. The topological polar surface area (TPSA) is 29.1 Å². The minimum absolute atomic E-state index is 0.0693. The Morgan fingerprint density at radius 1 is 0.742 bits per heavy atom. The van der Waals surface area contributed by atoms with E-state index in [1.165, 1.54) is 82.8 Å². The molecule has 178 valence electrons. The molecule has 31 heavy (non-hydrogen) atoms. The van der Waals surface area contributed by atoms with Crippen LogP contribution < -0.4 is 5.32 Å². The van der Waals surface area contributed by atoms with Crippen molar-refractivity contribution in [2.24, 2.45) is 0 Å². The molecule has 0 spiro atoms. The Hall–Kier alpha value is -1.52. The van der Waals surface area contributed by atoms with Crippen LogP contribution >= 0.6 is 0 Å². The molecule has 0 aliphatic rings. The maximum absolute atomic E-state index is 13.3. The first-order valence-electron chi connectivity index (χ1n) is 12.4. The second-order valence-corrected chi connectivity index (χ2v) is 8.65. The van der Waals surface area contributed by atoms with E-state index < -0.39 is 18.1 Å². The number of halogens is 3. The van der Waals surface area contributed by atoms with Crippen molar-refractivity contribution in [2.75, 3.05) is 0 Å². The molecule has 0 aliphatic heterocycles. The highest BCUT2D eigenvalue weighted by Crippen LogP contribution is 2.32. The van der Waals surface area contributed by atoms with E-state index in [9.17, 15) is 18.0 Å². The number of rotatable bonds is 18. The molecule has 1 unspecified atom stereocenters.